The molecule has 1 amide bonds. The number of ether oxygens (including phenoxy) is 3. The van der Waals surface area contributed by atoms with Gasteiger partial charge in [0.2, 0.25) is 0 Å². The molecule has 174 valence electrons. The van der Waals surface area contributed by atoms with Crippen LogP contribution in [-0.2, 0) is 11.4 Å². The lowest BCUT2D eigenvalue weighted by molar-refractivity contribution is -0.115. The summed E-state index contributed by atoms with van der Waals surface area (Å²) in [4.78, 5) is 17.5. The number of nitrogens with one attached hydrogen (secondary N) is 1. The van der Waals surface area contributed by atoms with Crippen LogP contribution >= 0.6 is 23.4 Å². The molecule has 3 aromatic carbocycles. The summed E-state index contributed by atoms with van der Waals surface area (Å²) >= 11 is 7.23. The standard InChI is InChI=1S/C26H23ClN2O4S/c1-3-32-23-14-18(6-13-22(23)33-16-17-4-7-19(27)8-5-17)15-24-25(30)29-26(34-24)28-20-9-11-21(31-2)12-10-20/h4-15H,3,16H2,1-2H3,(H,28,29,30). The van der Waals surface area contributed by atoms with Crippen molar-refractivity contribution in [3.8, 4) is 17.2 Å². The Hall–Kier alpha value is -3.42. The Kier molecular flexibility index (Phi) is 7.77. The summed E-state index contributed by atoms with van der Waals surface area (Å²) in [5, 5.41) is 4.01. The molecule has 1 N–H and O–H groups in total. The molecule has 4 rings (SSSR count). The molecule has 34 heavy (non-hydrogen) atoms. The van der Waals surface area contributed by atoms with Crippen molar-refractivity contribution < 1.29 is 19.0 Å². The number of hydrogen-bond donors (Lipinski definition) is 1. The third-order valence-corrected chi connectivity index (χ3v) is 5.99. The maximum Gasteiger partial charge on any atom is 0.264 e. The molecule has 0 atom stereocenters. The maximum atomic E-state index is 12.5. The Morgan fingerprint density at radius 1 is 1.00 bits per heavy atom. The van der Waals surface area contributed by atoms with E-state index in [-0.39, 0.29) is 5.91 Å². The van der Waals surface area contributed by atoms with Crippen LogP contribution in [0.3, 0.4) is 0 Å². The average Bonchev–Trinajstić information content (AvgIpc) is 3.18. The van der Waals surface area contributed by atoms with Crippen LogP contribution in [0.4, 0.5) is 5.69 Å². The predicted octanol–water partition coefficient (Wildman–Crippen LogP) is 6.22. The number of rotatable bonds is 8. The molecular weight excluding hydrogens is 472 g/mol. The van der Waals surface area contributed by atoms with Crippen molar-refractivity contribution in [2.24, 2.45) is 4.99 Å². The minimum absolute atomic E-state index is 0.196. The monoisotopic (exact) mass is 494 g/mol. The molecule has 0 saturated carbocycles. The van der Waals surface area contributed by atoms with Gasteiger partial charge >= 0.3 is 0 Å². The SMILES string of the molecule is CCOc1cc(C=C2SC(=Nc3ccc(OC)cc3)NC2=O)ccc1OCc1ccc(Cl)cc1. The van der Waals surface area contributed by atoms with E-state index >= 15 is 0 Å². The van der Waals surface area contributed by atoms with Crippen LogP contribution < -0.4 is 19.5 Å². The molecule has 1 fully saturated rings. The number of amides is 1. The van der Waals surface area contributed by atoms with Crippen LogP contribution in [0.25, 0.3) is 6.08 Å². The first kappa shape index (κ1) is 23.7. The van der Waals surface area contributed by atoms with Gasteiger partial charge in [-0.05, 0) is 84.4 Å². The summed E-state index contributed by atoms with van der Waals surface area (Å²) in [6.07, 6.45) is 1.81. The Balaban J connectivity index is 1.48. The van der Waals surface area contributed by atoms with E-state index in [1.807, 2.05) is 79.7 Å². The van der Waals surface area contributed by atoms with E-state index in [1.54, 1.807) is 7.11 Å². The number of hydrogen-bond acceptors (Lipinski definition) is 6. The highest BCUT2D eigenvalue weighted by Crippen LogP contribution is 2.33. The van der Waals surface area contributed by atoms with Crippen molar-refractivity contribution in [2.75, 3.05) is 13.7 Å². The smallest absolute Gasteiger partial charge is 0.264 e. The van der Waals surface area contributed by atoms with Gasteiger partial charge in [0, 0.05) is 5.02 Å². The van der Waals surface area contributed by atoms with Gasteiger partial charge in [-0.1, -0.05) is 29.8 Å². The lowest BCUT2D eigenvalue weighted by Crippen LogP contribution is -2.19. The van der Waals surface area contributed by atoms with E-state index in [9.17, 15) is 4.79 Å². The molecule has 0 unspecified atom stereocenters. The number of nitrogens with zero attached hydrogens (tertiary/aromatic N) is 1. The Bertz CT molecular complexity index is 1220. The number of methoxy groups -OCH3 is 1. The fourth-order valence-corrected chi connectivity index (χ4v) is 4.12. The lowest BCUT2D eigenvalue weighted by atomic mass is 10.2. The Morgan fingerprint density at radius 3 is 2.47 bits per heavy atom. The third kappa shape index (κ3) is 6.12. The summed E-state index contributed by atoms with van der Waals surface area (Å²) in [6, 6.07) is 20.4. The summed E-state index contributed by atoms with van der Waals surface area (Å²) < 4.78 is 16.9. The molecule has 0 radical (unpaired) electrons. The molecular formula is C26H23ClN2O4S. The minimum Gasteiger partial charge on any atom is -0.497 e. The molecule has 0 aliphatic carbocycles. The number of aliphatic imine (C=N–C) groups is 1. The summed E-state index contributed by atoms with van der Waals surface area (Å²) in [5.74, 6) is 1.79. The highest BCUT2D eigenvalue weighted by Gasteiger charge is 2.24. The van der Waals surface area contributed by atoms with Crippen molar-refractivity contribution in [1.29, 1.82) is 0 Å². The number of carbonyl (C=O) groups excluding carboxylic acids is 1. The van der Waals surface area contributed by atoms with Crippen LogP contribution in [0, 0.1) is 0 Å². The van der Waals surface area contributed by atoms with Crippen molar-refractivity contribution in [2.45, 2.75) is 13.5 Å². The fraction of sp³-hybridized carbons (Fsp3) is 0.154. The second kappa shape index (κ2) is 11.1. The van der Waals surface area contributed by atoms with Crippen LogP contribution in [0.1, 0.15) is 18.1 Å². The van der Waals surface area contributed by atoms with E-state index in [0.717, 1.165) is 22.6 Å². The highest BCUT2D eigenvalue weighted by molar-refractivity contribution is 8.18. The van der Waals surface area contributed by atoms with Crippen LogP contribution in [0.2, 0.25) is 5.02 Å². The van der Waals surface area contributed by atoms with E-state index < -0.39 is 0 Å². The molecule has 6 nitrogen and oxygen atoms in total. The summed E-state index contributed by atoms with van der Waals surface area (Å²) in [6.45, 7) is 2.79. The predicted molar refractivity (Wildman–Crippen MR) is 137 cm³/mol. The van der Waals surface area contributed by atoms with Crippen molar-refractivity contribution in [3.05, 3.63) is 87.8 Å². The van der Waals surface area contributed by atoms with Gasteiger partial charge in [0.05, 0.1) is 24.3 Å². The average molecular weight is 495 g/mol. The number of thioether (sulfide) groups is 1. The minimum atomic E-state index is -0.196. The zero-order valence-electron chi connectivity index (χ0n) is 18.7. The van der Waals surface area contributed by atoms with E-state index in [1.165, 1.54) is 11.8 Å². The van der Waals surface area contributed by atoms with Gasteiger partial charge in [-0.2, -0.15) is 0 Å². The number of carbonyl (C=O) groups is 1. The summed E-state index contributed by atoms with van der Waals surface area (Å²) in [5.41, 5.74) is 2.55. The van der Waals surface area contributed by atoms with Crippen molar-refractivity contribution in [1.82, 2.24) is 5.32 Å². The molecule has 1 aliphatic rings. The lowest BCUT2D eigenvalue weighted by Gasteiger charge is -2.13. The highest BCUT2D eigenvalue weighted by atomic mass is 35.5. The van der Waals surface area contributed by atoms with Gasteiger partial charge in [0.1, 0.15) is 12.4 Å². The first-order chi connectivity index (χ1) is 16.5. The summed E-state index contributed by atoms with van der Waals surface area (Å²) in [7, 11) is 1.61. The molecule has 1 heterocycles. The van der Waals surface area contributed by atoms with Crippen molar-refractivity contribution in [3.63, 3.8) is 0 Å². The molecule has 1 aliphatic heterocycles. The Labute approximate surface area is 207 Å². The van der Waals surface area contributed by atoms with Gasteiger partial charge in [0.15, 0.2) is 16.7 Å². The maximum absolute atomic E-state index is 12.5. The molecule has 0 bridgehead atoms. The van der Waals surface area contributed by atoms with E-state index in [0.29, 0.717) is 39.8 Å². The Morgan fingerprint density at radius 2 is 1.76 bits per heavy atom. The zero-order valence-corrected chi connectivity index (χ0v) is 20.3. The molecule has 0 spiro atoms. The normalized spacial score (nSPS) is 15.4. The van der Waals surface area contributed by atoms with E-state index in [4.69, 9.17) is 25.8 Å². The van der Waals surface area contributed by atoms with Gasteiger partial charge in [-0.25, -0.2) is 4.99 Å². The van der Waals surface area contributed by atoms with Crippen molar-refractivity contribution >= 4 is 46.2 Å². The number of amidine groups is 1. The quantitative estimate of drug-likeness (QED) is 0.376. The zero-order chi connectivity index (χ0) is 23.9. The molecule has 0 aromatic heterocycles. The largest absolute Gasteiger partial charge is 0.497 e. The molecule has 8 heteroatoms. The van der Waals surface area contributed by atoms with Crippen LogP contribution in [-0.4, -0.2) is 24.8 Å². The van der Waals surface area contributed by atoms with Gasteiger partial charge in [0.25, 0.3) is 5.91 Å². The fourth-order valence-electron chi connectivity index (χ4n) is 3.15. The van der Waals surface area contributed by atoms with E-state index in [2.05, 4.69) is 10.3 Å². The van der Waals surface area contributed by atoms with Crippen LogP contribution in [0.5, 0.6) is 17.2 Å². The van der Waals surface area contributed by atoms with Gasteiger partial charge < -0.3 is 19.5 Å². The second-order valence-corrected chi connectivity index (χ2v) is 8.70. The number of halogens is 1. The molecule has 3 aromatic rings. The first-order valence-electron chi connectivity index (χ1n) is 10.6. The van der Waals surface area contributed by atoms with Crippen LogP contribution in [0.15, 0.2) is 76.6 Å². The van der Waals surface area contributed by atoms with Gasteiger partial charge in [-0.15, -0.1) is 0 Å². The second-order valence-electron chi connectivity index (χ2n) is 7.23. The first-order valence-corrected chi connectivity index (χ1v) is 11.8. The number of benzene rings is 3. The molecule has 1 saturated heterocycles. The third-order valence-electron chi connectivity index (χ3n) is 4.83. The van der Waals surface area contributed by atoms with Gasteiger partial charge in [-0.3, -0.25) is 4.79 Å². The topological polar surface area (TPSA) is 69.2 Å².